The summed E-state index contributed by atoms with van der Waals surface area (Å²) in [4.78, 5) is 0. The first-order valence-electron chi connectivity index (χ1n) is 6.14. The van der Waals surface area contributed by atoms with Crippen molar-refractivity contribution < 1.29 is 9.47 Å². The molecule has 0 aromatic heterocycles. The minimum Gasteiger partial charge on any atom is -0.495 e. The number of benzene rings is 2. The summed E-state index contributed by atoms with van der Waals surface area (Å²) in [5, 5.41) is 4.82. The van der Waals surface area contributed by atoms with Crippen LogP contribution < -0.4 is 14.8 Å². The van der Waals surface area contributed by atoms with E-state index in [2.05, 4.69) is 5.32 Å². The average molecular weight is 347 g/mol. The lowest BCUT2D eigenvalue weighted by Crippen LogP contribution is -2.02. The fourth-order valence-electron chi connectivity index (χ4n) is 1.85. The molecule has 0 heterocycles. The van der Waals surface area contributed by atoms with Crippen molar-refractivity contribution in [1.29, 1.82) is 0 Å². The van der Waals surface area contributed by atoms with E-state index >= 15 is 0 Å². The third-order valence-electron chi connectivity index (χ3n) is 2.94. The first-order chi connectivity index (χ1) is 10.0. The molecule has 1 N–H and O–H groups in total. The lowest BCUT2D eigenvalue weighted by molar-refractivity contribution is 0.404. The summed E-state index contributed by atoms with van der Waals surface area (Å²) in [6, 6.07) is 8.98. The second kappa shape index (κ2) is 7.12. The number of hydrogen-bond acceptors (Lipinski definition) is 3. The highest BCUT2D eigenvalue weighted by atomic mass is 35.5. The first kappa shape index (κ1) is 16.1. The summed E-state index contributed by atoms with van der Waals surface area (Å²) in [5.74, 6) is 1.22. The third-order valence-corrected chi connectivity index (χ3v) is 3.98. The van der Waals surface area contributed by atoms with E-state index in [1.807, 2.05) is 12.1 Å². The van der Waals surface area contributed by atoms with Gasteiger partial charge in [0.05, 0.1) is 35.0 Å². The third kappa shape index (κ3) is 3.88. The van der Waals surface area contributed by atoms with Gasteiger partial charge in [-0.15, -0.1) is 0 Å². The van der Waals surface area contributed by atoms with Crippen LogP contribution in [0.5, 0.6) is 11.5 Å². The molecular formula is C15H14Cl3NO2. The second-order valence-corrected chi connectivity index (χ2v) is 5.51. The number of hydrogen-bond donors (Lipinski definition) is 1. The van der Waals surface area contributed by atoms with Crippen LogP contribution in [0.2, 0.25) is 15.1 Å². The van der Waals surface area contributed by atoms with E-state index in [0.29, 0.717) is 33.1 Å². The molecule has 0 bridgehead atoms. The van der Waals surface area contributed by atoms with Gasteiger partial charge in [-0.2, -0.15) is 0 Å². The molecule has 2 aromatic carbocycles. The molecule has 3 nitrogen and oxygen atoms in total. The van der Waals surface area contributed by atoms with Crippen LogP contribution in [0.15, 0.2) is 30.3 Å². The van der Waals surface area contributed by atoms with Gasteiger partial charge >= 0.3 is 0 Å². The largest absolute Gasteiger partial charge is 0.495 e. The highest BCUT2D eigenvalue weighted by Gasteiger charge is 2.10. The van der Waals surface area contributed by atoms with E-state index in [1.54, 1.807) is 32.4 Å². The maximum atomic E-state index is 6.07. The Morgan fingerprint density at radius 1 is 0.857 bits per heavy atom. The molecule has 2 rings (SSSR count). The average Bonchev–Trinajstić information content (AvgIpc) is 2.48. The number of rotatable bonds is 5. The van der Waals surface area contributed by atoms with E-state index in [-0.39, 0.29) is 0 Å². The Hall–Kier alpha value is -1.29. The first-order valence-corrected chi connectivity index (χ1v) is 7.28. The lowest BCUT2D eigenvalue weighted by Gasteiger charge is -2.14. The SMILES string of the molecule is COc1cc(NCc2ccc(Cl)c(Cl)c2)c(OC)cc1Cl. The van der Waals surface area contributed by atoms with Gasteiger partial charge in [0.25, 0.3) is 0 Å². The second-order valence-electron chi connectivity index (χ2n) is 4.29. The van der Waals surface area contributed by atoms with Crippen molar-refractivity contribution >= 4 is 40.5 Å². The van der Waals surface area contributed by atoms with Crippen molar-refractivity contribution in [3.05, 3.63) is 51.0 Å². The molecule has 6 heteroatoms. The molecule has 0 fully saturated rings. The minimum atomic E-state index is 0.495. The Kier molecular flexibility index (Phi) is 5.45. The van der Waals surface area contributed by atoms with E-state index in [1.165, 1.54) is 0 Å². The maximum absolute atomic E-state index is 6.07. The fraction of sp³-hybridized carbons (Fsp3) is 0.200. The number of anilines is 1. The zero-order chi connectivity index (χ0) is 15.4. The Balaban J connectivity index is 2.20. The highest BCUT2D eigenvalue weighted by molar-refractivity contribution is 6.42. The van der Waals surface area contributed by atoms with Crippen LogP contribution in [-0.2, 0) is 6.54 Å². The molecule has 0 amide bonds. The van der Waals surface area contributed by atoms with Crippen LogP contribution in [0.4, 0.5) is 5.69 Å². The van der Waals surface area contributed by atoms with Crippen LogP contribution in [-0.4, -0.2) is 14.2 Å². The Morgan fingerprint density at radius 2 is 1.57 bits per heavy atom. The summed E-state index contributed by atoms with van der Waals surface area (Å²) < 4.78 is 10.5. The molecule has 0 unspecified atom stereocenters. The van der Waals surface area contributed by atoms with Crippen molar-refractivity contribution in [3.63, 3.8) is 0 Å². The van der Waals surface area contributed by atoms with Gasteiger partial charge in [-0.1, -0.05) is 40.9 Å². The molecule has 0 aliphatic heterocycles. The van der Waals surface area contributed by atoms with E-state index in [0.717, 1.165) is 11.3 Å². The van der Waals surface area contributed by atoms with Crippen LogP contribution in [0.3, 0.4) is 0 Å². The van der Waals surface area contributed by atoms with Gasteiger partial charge in [-0.05, 0) is 17.7 Å². The Labute approximate surface area is 138 Å². The quantitative estimate of drug-likeness (QED) is 0.799. The highest BCUT2D eigenvalue weighted by Crippen LogP contribution is 2.36. The summed E-state index contributed by atoms with van der Waals surface area (Å²) in [7, 11) is 3.15. The van der Waals surface area contributed by atoms with Gasteiger partial charge in [0.2, 0.25) is 0 Å². The smallest absolute Gasteiger partial charge is 0.143 e. The molecule has 0 aliphatic carbocycles. The van der Waals surface area contributed by atoms with Crippen molar-refractivity contribution in [3.8, 4) is 11.5 Å². The molecule has 112 valence electrons. The van der Waals surface area contributed by atoms with Gasteiger partial charge in [-0.25, -0.2) is 0 Å². The van der Waals surface area contributed by atoms with Crippen LogP contribution in [0, 0.1) is 0 Å². The number of nitrogens with one attached hydrogen (secondary N) is 1. The van der Waals surface area contributed by atoms with Crippen molar-refractivity contribution in [2.75, 3.05) is 19.5 Å². The molecule has 2 aromatic rings. The van der Waals surface area contributed by atoms with Gasteiger partial charge in [0.1, 0.15) is 11.5 Å². The zero-order valence-electron chi connectivity index (χ0n) is 11.5. The summed E-state index contributed by atoms with van der Waals surface area (Å²) in [6.07, 6.45) is 0. The molecular weight excluding hydrogens is 333 g/mol. The maximum Gasteiger partial charge on any atom is 0.143 e. The predicted molar refractivity (Wildman–Crippen MR) is 88.3 cm³/mol. The van der Waals surface area contributed by atoms with Gasteiger partial charge in [0.15, 0.2) is 0 Å². The van der Waals surface area contributed by atoms with Gasteiger partial charge < -0.3 is 14.8 Å². The number of ether oxygens (including phenoxy) is 2. The van der Waals surface area contributed by atoms with Gasteiger partial charge in [0, 0.05) is 18.7 Å². The molecule has 0 saturated carbocycles. The van der Waals surface area contributed by atoms with Gasteiger partial charge in [-0.3, -0.25) is 0 Å². The molecule has 0 spiro atoms. The van der Waals surface area contributed by atoms with E-state index in [4.69, 9.17) is 44.3 Å². The Bertz CT molecular complexity index is 647. The summed E-state index contributed by atoms with van der Waals surface area (Å²) in [6.45, 7) is 0.567. The normalized spacial score (nSPS) is 10.3. The van der Waals surface area contributed by atoms with Crippen molar-refractivity contribution in [2.45, 2.75) is 6.54 Å². The summed E-state index contributed by atoms with van der Waals surface area (Å²) in [5.41, 5.74) is 1.78. The topological polar surface area (TPSA) is 30.5 Å². The molecule has 0 radical (unpaired) electrons. The fourth-order valence-corrected chi connectivity index (χ4v) is 2.40. The standard InChI is InChI=1S/C15H14Cl3NO2/c1-20-14-7-13(15(21-2)6-12(14)18)19-8-9-3-4-10(16)11(17)5-9/h3-7,19H,8H2,1-2H3. The Morgan fingerprint density at radius 3 is 2.19 bits per heavy atom. The number of methoxy groups -OCH3 is 2. The molecule has 21 heavy (non-hydrogen) atoms. The van der Waals surface area contributed by atoms with E-state index < -0.39 is 0 Å². The van der Waals surface area contributed by atoms with E-state index in [9.17, 15) is 0 Å². The van der Waals surface area contributed by atoms with Crippen molar-refractivity contribution in [1.82, 2.24) is 0 Å². The minimum absolute atomic E-state index is 0.495. The zero-order valence-corrected chi connectivity index (χ0v) is 13.8. The molecule has 0 atom stereocenters. The lowest BCUT2D eigenvalue weighted by atomic mass is 10.2. The van der Waals surface area contributed by atoms with Crippen LogP contribution >= 0.6 is 34.8 Å². The molecule has 0 saturated heterocycles. The van der Waals surface area contributed by atoms with Crippen LogP contribution in [0.25, 0.3) is 0 Å². The van der Waals surface area contributed by atoms with Crippen molar-refractivity contribution in [2.24, 2.45) is 0 Å². The monoisotopic (exact) mass is 345 g/mol. The predicted octanol–water partition coefficient (Wildman–Crippen LogP) is 5.28. The number of halogens is 3. The van der Waals surface area contributed by atoms with Crippen LogP contribution in [0.1, 0.15) is 5.56 Å². The molecule has 0 aliphatic rings. The summed E-state index contributed by atoms with van der Waals surface area (Å²) >= 11 is 18.0.